The summed E-state index contributed by atoms with van der Waals surface area (Å²) < 4.78 is 73.6. The minimum atomic E-state index is -4.71. The molecule has 9 nitrogen and oxygen atoms in total. The molecule has 0 aromatic carbocycles. The summed E-state index contributed by atoms with van der Waals surface area (Å²) in [4.78, 5) is 26.6. The Kier molecular flexibility index (Phi) is 7.31. The zero-order valence-corrected chi connectivity index (χ0v) is 24.8. The monoisotopic (exact) mass is 627 g/mol. The standard InChI is InChI=1S/C30H29F4N7O2S/c1-19-8-10-35-24(12-19)27(42)29-14-20-9-11-40(23-6-7-26(31)36-16-23)25(20)13-21(29)4-5-22(15-29)41(17-30(32,33)34)44(3,43)28-37-18-39(2)38-28/h6-13,16,18,22H,3-5,14-15,17H2,1-2H3/t22-,29-,44?/m0/s1. The number of carbonyl (C=O) groups is 1. The highest BCUT2D eigenvalue weighted by Crippen LogP contribution is 2.51. The van der Waals surface area contributed by atoms with Crippen LogP contribution in [0.1, 0.15) is 46.6 Å². The average molecular weight is 628 g/mol. The van der Waals surface area contributed by atoms with Crippen molar-refractivity contribution in [2.75, 3.05) is 6.54 Å². The van der Waals surface area contributed by atoms with Crippen LogP contribution < -0.4 is 0 Å². The second-order valence-electron chi connectivity index (χ2n) is 11.3. The van der Waals surface area contributed by atoms with Gasteiger partial charge in [0.15, 0.2) is 5.78 Å². The summed E-state index contributed by atoms with van der Waals surface area (Å²) in [6, 6.07) is 7.16. The number of fused-ring (bicyclic) bond motifs is 2. The number of rotatable bonds is 7. The van der Waals surface area contributed by atoms with Crippen LogP contribution in [0.25, 0.3) is 11.8 Å². The van der Waals surface area contributed by atoms with Crippen LogP contribution in [0, 0.1) is 18.3 Å². The van der Waals surface area contributed by atoms with Gasteiger partial charge in [-0.15, -0.1) is 5.10 Å². The highest BCUT2D eigenvalue weighted by molar-refractivity contribution is 7.98. The Hall–Kier alpha value is -4.17. The van der Waals surface area contributed by atoms with Crippen LogP contribution in [-0.4, -0.2) is 68.2 Å². The van der Waals surface area contributed by atoms with E-state index in [0.29, 0.717) is 5.69 Å². The van der Waals surface area contributed by atoms with Gasteiger partial charge in [0.2, 0.25) is 11.1 Å². The summed E-state index contributed by atoms with van der Waals surface area (Å²) in [7, 11) is -2.27. The first-order valence-corrected chi connectivity index (χ1v) is 15.5. The number of alkyl halides is 3. The molecule has 1 fully saturated rings. The number of carbonyl (C=O) groups excluding carboxylic acids is 1. The summed E-state index contributed by atoms with van der Waals surface area (Å²) in [6.07, 6.45) is 3.74. The number of ketones is 1. The Labute approximate surface area is 251 Å². The fourth-order valence-corrected chi connectivity index (χ4v) is 8.00. The van der Waals surface area contributed by atoms with E-state index in [9.17, 15) is 26.6 Å². The molecule has 0 amide bonds. The predicted molar refractivity (Wildman–Crippen MR) is 156 cm³/mol. The normalized spacial score (nSPS) is 21.3. The van der Waals surface area contributed by atoms with Crippen molar-refractivity contribution < 1.29 is 26.6 Å². The predicted octanol–water partition coefficient (Wildman–Crippen LogP) is 4.76. The average Bonchev–Trinajstić information content (AvgIpc) is 3.60. The highest BCUT2D eigenvalue weighted by atomic mass is 32.2. The van der Waals surface area contributed by atoms with Gasteiger partial charge in [0.05, 0.1) is 27.0 Å². The maximum atomic E-state index is 14.5. The summed E-state index contributed by atoms with van der Waals surface area (Å²) in [6.45, 7) is 0.318. The molecule has 230 valence electrons. The maximum absolute atomic E-state index is 14.5. The van der Waals surface area contributed by atoms with Gasteiger partial charge in [0.25, 0.3) is 0 Å². The first-order chi connectivity index (χ1) is 20.8. The van der Waals surface area contributed by atoms with E-state index in [1.54, 1.807) is 24.4 Å². The van der Waals surface area contributed by atoms with Crippen molar-refractivity contribution in [2.45, 2.75) is 50.0 Å². The number of hydrogen-bond acceptors (Lipinski definition) is 6. The molecule has 0 saturated heterocycles. The van der Waals surface area contributed by atoms with Crippen molar-refractivity contribution in [3.05, 3.63) is 89.3 Å². The molecule has 0 bridgehead atoms. The van der Waals surface area contributed by atoms with Gasteiger partial charge >= 0.3 is 6.18 Å². The third kappa shape index (κ3) is 5.36. The van der Waals surface area contributed by atoms with Gasteiger partial charge in [-0.2, -0.15) is 17.6 Å². The molecule has 44 heavy (non-hydrogen) atoms. The molecule has 1 unspecified atom stereocenters. The topological polar surface area (TPSA) is 98.8 Å². The Morgan fingerprint density at radius 2 is 2.00 bits per heavy atom. The summed E-state index contributed by atoms with van der Waals surface area (Å²) >= 11 is 0. The van der Waals surface area contributed by atoms with Gasteiger partial charge < -0.3 is 4.57 Å². The summed E-state index contributed by atoms with van der Waals surface area (Å²) in [5.41, 5.74) is 2.66. The minimum absolute atomic E-state index is 0.0502. The smallest absolute Gasteiger partial charge is 0.315 e. The zero-order chi connectivity index (χ0) is 31.4. The Bertz CT molecular complexity index is 1880. The van der Waals surface area contributed by atoms with Gasteiger partial charge in [0.1, 0.15) is 18.6 Å². The zero-order valence-electron chi connectivity index (χ0n) is 24.0. The second kappa shape index (κ2) is 10.8. The van der Waals surface area contributed by atoms with Crippen molar-refractivity contribution in [2.24, 2.45) is 12.5 Å². The second-order valence-corrected chi connectivity index (χ2v) is 13.5. The number of hydrogen-bond donors (Lipinski definition) is 0. The number of allylic oxidation sites excluding steroid dienone is 1. The number of halogens is 4. The minimum Gasteiger partial charge on any atom is -0.315 e. The van der Waals surface area contributed by atoms with Crippen LogP contribution in [0.5, 0.6) is 0 Å². The lowest BCUT2D eigenvalue weighted by molar-refractivity contribution is -0.140. The van der Waals surface area contributed by atoms with Gasteiger partial charge in [-0.1, -0.05) is 5.57 Å². The lowest BCUT2D eigenvalue weighted by Gasteiger charge is -2.47. The number of Topliss-reactive ketones (excluding diaryl/α,β-unsaturated/α-hetero) is 1. The van der Waals surface area contributed by atoms with Crippen LogP contribution in [0.4, 0.5) is 17.6 Å². The van der Waals surface area contributed by atoms with Gasteiger partial charge in [-0.05, 0) is 86.0 Å². The van der Waals surface area contributed by atoms with E-state index in [1.807, 2.05) is 23.6 Å². The molecule has 1 saturated carbocycles. The van der Waals surface area contributed by atoms with Crippen LogP contribution in [0.2, 0.25) is 0 Å². The molecule has 0 spiro atoms. The van der Waals surface area contributed by atoms with E-state index in [-0.39, 0.29) is 42.3 Å². The Morgan fingerprint density at radius 1 is 1.20 bits per heavy atom. The fourth-order valence-electron chi connectivity index (χ4n) is 6.31. The van der Waals surface area contributed by atoms with Gasteiger partial charge in [-0.3, -0.25) is 14.5 Å². The maximum Gasteiger partial charge on any atom is 0.402 e. The highest BCUT2D eigenvalue weighted by Gasteiger charge is 2.52. The number of aromatic nitrogens is 6. The number of pyridine rings is 2. The molecule has 2 aliphatic carbocycles. The van der Waals surface area contributed by atoms with Crippen LogP contribution >= 0.6 is 0 Å². The summed E-state index contributed by atoms with van der Waals surface area (Å²) in [5, 5.41) is 3.72. The van der Waals surface area contributed by atoms with Crippen molar-refractivity contribution in [3.8, 4) is 5.69 Å². The molecule has 0 N–H and O–H groups in total. The molecule has 4 aromatic rings. The lowest BCUT2D eigenvalue weighted by atomic mass is 9.60. The van der Waals surface area contributed by atoms with Crippen molar-refractivity contribution in [3.63, 3.8) is 0 Å². The van der Waals surface area contributed by atoms with E-state index in [1.165, 1.54) is 36.5 Å². The van der Waals surface area contributed by atoms with Crippen LogP contribution in [0.15, 0.2) is 66.0 Å². The molecule has 2 aliphatic rings. The molecule has 0 radical (unpaired) electrons. The SMILES string of the molecule is C=S(=O)(c1ncn(C)n1)N(CC(F)(F)F)[C@H]1CCC2=Cc3c(ccn3-c3ccc(F)nc3)C[C@]2(C(=O)c2cc(C)ccn2)C1. The molecule has 4 aromatic heterocycles. The molecule has 6 rings (SSSR count). The van der Waals surface area contributed by atoms with E-state index >= 15 is 0 Å². The van der Waals surface area contributed by atoms with E-state index in [0.717, 1.165) is 26.7 Å². The molecular weight excluding hydrogens is 598 g/mol. The Balaban J connectivity index is 1.46. The van der Waals surface area contributed by atoms with Crippen LogP contribution in [-0.2, 0) is 23.2 Å². The molecular formula is C30H29F4N7O2S. The van der Waals surface area contributed by atoms with Crippen molar-refractivity contribution in [1.82, 2.24) is 33.6 Å². The van der Waals surface area contributed by atoms with Gasteiger partial charge in [-0.25, -0.2) is 18.5 Å². The third-order valence-electron chi connectivity index (χ3n) is 8.32. The first kappa shape index (κ1) is 29.9. The van der Waals surface area contributed by atoms with E-state index in [2.05, 4.69) is 25.9 Å². The molecule has 0 aliphatic heterocycles. The quantitative estimate of drug-likeness (QED) is 0.127. The van der Waals surface area contributed by atoms with E-state index in [4.69, 9.17) is 0 Å². The fraction of sp³-hybridized carbons (Fsp3) is 0.333. The summed E-state index contributed by atoms with van der Waals surface area (Å²) in [5.74, 6) is 2.76. The molecule has 3 atom stereocenters. The molecule has 14 heteroatoms. The van der Waals surface area contributed by atoms with E-state index < -0.39 is 39.8 Å². The van der Waals surface area contributed by atoms with Gasteiger partial charge in [0, 0.05) is 31.2 Å². The number of nitrogens with zero attached hydrogens (tertiary/aromatic N) is 7. The largest absolute Gasteiger partial charge is 0.402 e. The third-order valence-corrected chi connectivity index (χ3v) is 10.3. The molecule has 4 heterocycles. The first-order valence-electron chi connectivity index (χ1n) is 13.8. The number of aryl methyl sites for hydroxylation is 2. The van der Waals surface area contributed by atoms with Crippen LogP contribution in [0.3, 0.4) is 0 Å². The Morgan fingerprint density at radius 3 is 2.66 bits per heavy atom. The lowest BCUT2D eigenvalue weighted by Crippen LogP contribution is -2.52. The van der Waals surface area contributed by atoms with Crippen molar-refractivity contribution in [1.29, 1.82) is 0 Å². The van der Waals surface area contributed by atoms with Crippen molar-refractivity contribution >= 4 is 27.4 Å².